The number of hydrogen-bond donors (Lipinski definition) is 1. The Kier molecular flexibility index (Phi) is 5.46. The van der Waals surface area contributed by atoms with Gasteiger partial charge in [-0.25, -0.2) is 0 Å². The number of nitrogens with zero attached hydrogens (tertiary/aromatic N) is 1. The van der Waals surface area contributed by atoms with Crippen molar-refractivity contribution in [2.75, 3.05) is 5.73 Å². The Morgan fingerprint density at radius 3 is 2.53 bits per heavy atom. The van der Waals surface area contributed by atoms with E-state index in [4.69, 9.17) is 5.73 Å². The van der Waals surface area contributed by atoms with E-state index < -0.39 is 0 Å². The Bertz CT molecular complexity index is 335. The fraction of sp³-hybridized carbons (Fsp3) is 0.667. The Labute approximate surface area is 106 Å². The van der Waals surface area contributed by atoms with E-state index >= 15 is 0 Å². The fourth-order valence-electron chi connectivity index (χ4n) is 2.25. The van der Waals surface area contributed by atoms with E-state index in [1.165, 1.54) is 37.7 Å². The number of rotatable bonds is 7. The molecule has 0 saturated carbocycles. The highest BCUT2D eigenvalue weighted by Gasteiger charge is 2.24. The highest BCUT2D eigenvalue weighted by atomic mass is 14.7. The fourth-order valence-corrected chi connectivity index (χ4v) is 2.25. The van der Waals surface area contributed by atoms with Gasteiger partial charge in [0.25, 0.3) is 0 Å². The van der Waals surface area contributed by atoms with E-state index in [2.05, 4.69) is 31.8 Å². The topological polar surface area (TPSA) is 38.9 Å². The smallest absolute Gasteiger partial charge is 0.0503 e. The van der Waals surface area contributed by atoms with Gasteiger partial charge < -0.3 is 5.73 Å². The average molecular weight is 234 g/mol. The molecule has 1 rings (SSSR count). The van der Waals surface area contributed by atoms with Gasteiger partial charge in [0.05, 0.1) is 5.69 Å². The van der Waals surface area contributed by atoms with Gasteiger partial charge in [-0.2, -0.15) is 0 Å². The largest absolute Gasteiger partial charge is 0.397 e. The van der Waals surface area contributed by atoms with Crippen LogP contribution >= 0.6 is 0 Å². The van der Waals surface area contributed by atoms with Crippen LogP contribution in [0.1, 0.15) is 64.9 Å². The first kappa shape index (κ1) is 14.0. The standard InChI is InChI=1S/C15H26N2/c1-4-6-7-8-9-15(3,5-2)13-10-14(16)12-17-11-13/h10-12H,4-9,16H2,1-3H3. The van der Waals surface area contributed by atoms with Crippen molar-refractivity contribution >= 4 is 5.69 Å². The zero-order chi connectivity index (χ0) is 12.7. The van der Waals surface area contributed by atoms with E-state index in [0.717, 1.165) is 12.1 Å². The van der Waals surface area contributed by atoms with Gasteiger partial charge in [-0.3, -0.25) is 4.98 Å². The van der Waals surface area contributed by atoms with Crippen LogP contribution in [0.2, 0.25) is 0 Å². The molecule has 0 aliphatic carbocycles. The van der Waals surface area contributed by atoms with Crippen molar-refractivity contribution in [2.45, 2.75) is 64.7 Å². The summed E-state index contributed by atoms with van der Waals surface area (Å²) in [7, 11) is 0. The van der Waals surface area contributed by atoms with Crippen LogP contribution in [0.4, 0.5) is 5.69 Å². The van der Waals surface area contributed by atoms with Gasteiger partial charge in [-0.15, -0.1) is 0 Å². The lowest BCUT2D eigenvalue weighted by atomic mass is 9.76. The summed E-state index contributed by atoms with van der Waals surface area (Å²) in [6.07, 6.45) is 11.3. The molecule has 2 heteroatoms. The van der Waals surface area contributed by atoms with Crippen LogP contribution in [-0.2, 0) is 5.41 Å². The molecule has 1 aromatic rings. The number of unbranched alkanes of at least 4 members (excludes halogenated alkanes) is 3. The molecular formula is C15H26N2. The van der Waals surface area contributed by atoms with Crippen LogP contribution in [0.15, 0.2) is 18.5 Å². The second-order valence-corrected chi connectivity index (χ2v) is 5.23. The lowest BCUT2D eigenvalue weighted by Crippen LogP contribution is -2.21. The number of aromatic nitrogens is 1. The van der Waals surface area contributed by atoms with Crippen LogP contribution in [0.25, 0.3) is 0 Å². The zero-order valence-electron chi connectivity index (χ0n) is 11.5. The summed E-state index contributed by atoms with van der Waals surface area (Å²) in [6, 6.07) is 2.08. The Balaban J connectivity index is 2.67. The maximum atomic E-state index is 5.82. The first-order chi connectivity index (χ1) is 8.12. The average Bonchev–Trinajstić information content (AvgIpc) is 2.34. The summed E-state index contributed by atoms with van der Waals surface area (Å²) in [5, 5.41) is 0. The molecule has 1 heterocycles. The summed E-state index contributed by atoms with van der Waals surface area (Å²) >= 11 is 0. The van der Waals surface area contributed by atoms with E-state index in [1.54, 1.807) is 6.20 Å². The van der Waals surface area contributed by atoms with E-state index in [0.29, 0.717) is 0 Å². The van der Waals surface area contributed by atoms with Crippen molar-refractivity contribution in [1.29, 1.82) is 0 Å². The number of pyridine rings is 1. The maximum Gasteiger partial charge on any atom is 0.0503 e. The highest BCUT2D eigenvalue weighted by molar-refractivity contribution is 5.39. The van der Waals surface area contributed by atoms with Crippen molar-refractivity contribution < 1.29 is 0 Å². The van der Waals surface area contributed by atoms with Gasteiger partial charge in [-0.05, 0) is 29.9 Å². The van der Waals surface area contributed by atoms with Crippen molar-refractivity contribution in [3.8, 4) is 0 Å². The molecule has 0 fully saturated rings. The molecule has 1 unspecified atom stereocenters. The lowest BCUT2D eigenvalue weighted by molar-refractivity contribution is 0.395. The van der Waals surface area contributed by atoms with Gasteiger partial charge in [0.2, 0.25) is 0 Å². The third kappa shape index (κ3) is 4.03. The predicted octanol–water partition coefficient (Wildman–Crippen LogP) is 4.30. The number of anilines is 1. The highest BCUT2D eigenvalue weighted by Crippen LogP contribution is 2.33. The molecular weight excluding hydrogens is 208 g/mol. The molecule has 0 aliphatic heterocycles. The second kappa shape index (κ2) is 6.63. The van der Waals surface area contributed by atoms with Crippen LogP contribution < -0.4 is 5.73 Å². The van der Waals surface area contributed by atoms with Crippen LogP contribution in [-0.4, -0.2) is 4.98 Å². The number of hydrogen-bond acceptors (Lipinski definition) is 2. The normalized spacial score (nSPS) is 14.5. The molecule has 0 aliphatic rings. The Hall–Kier alpha value is -1.05. The third-order valence-electron chi connectivity index (χ3n) is 3.82. The molecule has 1 atom stereocenters. The molecule has 0 saturated heterocycles. The molecule has 0 spiro atoms. The minimum absolute atomic E-state index is 0.232. The maximum absolute atomic E-state index is 5.82. The van der Waals surface area contributed by atoms with Crippen LogP contribution in [0.3, 0.4) is 0 Å². The Morgan fingerprint density at radius 2 is 1.94 bits per heavy atom. The molecule has 96 valence electrons. The van der Waals surface area contributed by atoms with Gasteiger partial charge >= 0.3 is 0 Å². The molecule has 0 aromatic carbocycles. The molecule has 17 heavy (non-hydrogen) atoms. The van der Waals surface area contributed by atoms with Crippen molar-refractivity contribution in [1.82, 2.24) is 4.98 Å². The third-order valence-corrected chi connectivity index (χ3v) is 3.82. The summed E-state index contributed by atoms with van der Waals surface area (Å²) in [5.41, 5.74) is 8.12. The number of nitrogens with two attached hydrogens (primary N) is 1. The number of nitrogen functional groups attached to an aromatic ring is 1. The summed E-state index contributed by atoms with van der Waals surface area (Å²) in [5.74, 6) is 0. The summed E-state index contributed by atoms with van der Waals surface area (Å²) in [4.78, 5) is 4.22. The predicted molar refractivity (Wildman–Crippen MR) is 75.1 cm³/mol. The van der Waals surface area contributed by atoms with Crippen molar-refractivity contribution in [2.24, 2.45) is 0 Å². The van der Waals surface area contributed by atoms with Crippen molar-refractivity contribution in [3.05, 3.63) is 24.0 Å². The Morgan fingerprint density at radius 1 is 1.18 bits per heavy atom. The SMILES string of the molecule is CCCCCCC(C)(CC)c1cncc(N)c1. The van der Waals surface area contributed by atoms with Gasteiger partial charge in [-0.1, -0.05) is 46.5 Å². The first-order valence-electron chi connectivity index (χ1n) is 6.83. The zero-order valence-corrected chi connectivity index (χ0v) is 11.5. The van der Waals surface area contributed by atoms with Crippen LogP contribution in [0, 0.1) is 0 Å². The minimum atomic E-state index is 0.232. The van der Waals surface area contributed by atoms with E-state index in [9.17, 15) is 0 Å². The first-order valence-corrected chi connectivity index (χ1v) is 6.83. The monoisotopic (exact) mass is 234 g/mol. The lowest BCUT2D eigenvalue weighted by Gasteiger charge is -2.29. The molecule has 0 bridgehead atoms. The van der Waals surface area contributed by atoms with Crippen molar-refractivity contribution in [3.63, 3.8) is 0 Å². The van der Waals surface area contributed by atoms with Crippen LogP contribution in [0.5, 0.6) is 0 Å². The van der Waals surface area contributed by atoms with E-state index in [1.807, 2.05) is 6.20 Å². The molecule has 2 N–H and O–H groups in total. The minimum Gasteiger partial charge on any atom is -0.397 e. The van der Waals surface area contributed by atoms with Gasteiger partial charge in [0.15, 0.2) is 0 Å². The van der Waals surface area contributed by atoms with E-state index in [-0.39, 0.29) is 5.41 Å². The summed E-state index contributed by atoms with van der Waals surface area (Å²) < 4.78 is 0. The quantitative estimate of drug-likeness (QED) is 0.714. The molecule has 0 amide bonds. The van der Waals surface area contributed by atoms with Gasteiger partial charge in [0.1, 0.15) is 0 Å². The van der Waals surface area contributed by atoms with Gasteiger partial charge in [0, 0.05) is 12.4 Å². The molecule has 0 radical (unpaired) electrons. The summed E-state index contributed by atoms with van der Waals surface area (Å²) in [6.45, 7) is 6.83. The molecule has 1 aromatic heterocycles. The second-order valence-electron chi connectivity index (χ2n) is 5.23. The molecule has 2 nitrogen and oxygen atoms in total.